The van der Waals surface area contributed by atoms with E-state index >= 15 is 0 Å². The molecule has 0 aliphatic rings. The van der Waals surface area contributed by atoms with Crippen LogP contribution in [0.2, 0.25) is 10.0 Å². The maximum atomic E-state index is 12.8. The van der Waals surface area contributed by atoms with Crippen LogP contribution in [-0.2, 0) is 6.54 Å². The van der Waals surface area contributed by atoms with Crippen molar-refractivity contribution < 1.29 is 4.79 Å². The van der Waals surface area contributed by atoms with Crippen molar-refractivity contribution in [2.24, 2.45) is 0 Å². The molecule has 2 heterocycles. The first kappa shape index (κ1) is 22.0. The number of nitrogens with one attached hydrogen (secondary N) is 2. The minimum atomic E-state index is -0.396. The van der Waals surface area contributed by atoms with Crippen LogP contribution in [0.25, 0.3) is 0 Å². The molecule has 0 aliphatic carbocycles. The molecule has 2 aromatic heterocycles. The monoisotopic (exact) mass is 444 g/mol. The SMILES string of the molecule is Cc1cc(Nc2cc(NC(=O)c3c(Cl)cc(CN(C)C)cc3Cl)ccn2)nc(C)n1. The molecule has 0 aliphatic heterocycles. The highest BCUT2D eigenvalue weighted by molar-refractivity contribution is 6.40. The highest BCUT2D eigenvalue weighted by atomic mass is 35.5. The highest BCUT2D eigenvalue weighted by Gasteiger charge is 2.17. The molecule has 0 fully saturated rings. The van der Waals surface area contributed by atoms with Crippen LogP contribution in [0.5, 0.6) is 0 Å². The van der Waals surface area contributed by atoms with Crippen molar-refractivity contribution in [3.63, 3.8) is 0 Å². The fraction of sp³-hybridized carbons (Fsp3) is 0.238. The lowest BCUT2D eigenvalue weighted by Gasteiger charge is -2.14. The van der Waals surface area contributed by atoms with E-state index in [-0.39, 0.29) is 5.56 Å². The average molecular weight is 445 g/mol. The Balaban J connectivity index is 1.78. The van der Waals surface area contributed by atoms with Gasteiger partial charge < -0.3 is 15.5 Å². The number of carbonyl (C=O) groups excluding carboxylic acids is 1. The maximum Gasteiger partial charge on any atom is 0.258 e. The molecule has 0 unspecified atom stereocenters. The van der Waals surface area contributed by atoms with E-state index in [4.69, 9.17) is 23.2 Å². The fourth-order valence-electron chi connectivity index (χ4n) is 2.98. The van der Waals surface area contributed by atoms with Crippen molar-refractivity contribution in [1.82, 2.24) is 19.9 Å². The molecule has 3 rings (SSSR count). The molecule has 30 heavy (non-hydrogen) atoms. The minimum Gasteiger partial charge on any atom is -0.325 e. The number of rotatable bonds is 6. The number of amides is 1. The molecule has 156 valence electrons. The Kier molecular flexibility index (Phi) is 6.87. The third kappa shape index (κ3) is 5.66. The van der Waals surface area contributed by atoms with Gasteiger partial charge in [0.15, 0.2) is 0 Å². The molecule has 0 saturated carbocycles. The molecule has 9 heteroatoms. The Bertz CT molecular complexity index is 1040. The number of aromatic nitrogens is 3. The summed E-state index contributed by atoms with van der Waals surface area (Å²) in [5, 5.41) is 6.54. The first-order chi connectivity index (χ1) is 14.2. The molecule has 0 radical (unpaired) electrons. The molecule has 0 atom stereocenters. The first-order valence-corrected chi connectivity index (χ1v) is 9.96. The van der Waals surface area contributed by atoms with Crippen molar-refractivity contribution in [1.29, 1.82) is 0 Å². The summed E-state index contributed by atoms with van der Waals surface area (Å²) < 4.78 is 0. The van der Waals surface area contributed by atoms with Crippen LogP contribution in [0.15, 0.2) is 36.5 Å². The number of carbonyl (C=O) groups is 1. The van der Waals surface area contributed by atoms with Crippen LogP contribution in [0, 0.1) is 13.8 Å². The van der Waals surface area contributed by atoms with E-state index in [1.807, 2.05) is 38.9 Å². The van der Waals surface area contributed by atoms with E-state index < -0.39 is 5.91 Å². The van der Waals surface area contributed by atoms with Gasteiger partial charge in [-0.05, 0) is 51.7 Å². The summed E-state index contributed by atoms with van der Waals surface area (Å²) in [4.78, 5) is 27.6. The Hall–Kier alpha value is -2.74. The van der Waals surface area contributed by atoms with E-state index in [0.29, 0.717) is 39.7 Å². The van der Waals surface area contributed by atoms with E-state index in [0.717, 1.165) is 11.3 Å². The lowest BCUT2D eigenvalue weighted by Crippen LogP contribution is -2.15. The number of nitrogens with zero attached hydrogens (tertiary/aromatic N) is 4. The standard InChI is InChI=1S/C21H22Cl2N6O/c1-12-7-19(26-13(2)25-12)28-18-10-15(5-6-24-18)27-21(30)20-16(22)8-14(9-17(20)23)11-29(3)4/h5-10H,11H2,1-4H3,(H2,24,25,26,27,28,30). The number of anilines is 3. The number of pyridine rings is 1. The second kappa shape index (κ2) is 9.38. The Morgan fingerprint density at radius 2 is 1.73 bits per heavy atom. The summed E-state index contributed by atoms with van der Waals surface area (Å²) in [6.45, 7) is 4.38. The Morgan fingerprint density at radius 3 is 2.37 bits per heavy atom. The lowest BCUT2D eigenvalue weighted by molar-refractivity contribution is 0.102. The van der Waals surface area contributed by atoms with Gasteiger partial charge in [-0.3, -0.25) is 4.79 Å². The van der Waals surface area contributed by atoms with Crippen LogP contribution < -0.4 is 10.6 Å². The molecule has 0 saturated heterocycles. The Morgan fingerprint density at radius 1 is 1.03 bits per heavy atom. The van der Waals surface area contributed by atoms with Gasteiger partial charge in [0.25, 0.3) is 5.91 Å². The second-order valence-corrected chi connectivity index (χ2v) is 7.94. The quantitative estimate of drug-likeness (QED) is 0.564. The maximum absolute atomic E-state index is 12.8. The largest absolute Gasteiger partial charge is 0.325 e. The zero-order chi connectivity index (χ0) is 21.8. The molecule has 0 spiro atoms. The van der Waals surface area contributed by atoms with E-state index in [1.54, 1.807) is 30.5 Å². The van der Waals surface area contributed by atoms with Gasteiger partial charge >= 0.3 is 0 Å². The molecular formula is C21H22Cl2N6O. The van der Waals surface area contributed by atoms with Gasteiger partial charge in [-0.2, -0.15) is 0 Å². The average Bonchev–Trinajstić information content (AvgIpc) is 2.59. The van der Waals surface area contributed by atoms with Crippen LogP contribution in [-0.4, -0.2) is 39.9 Å². The molecule has 2 N–H and O–H groups in total. The molecule has 3 aromatic rings. The summed E-state index contributed by atoms with van der Waals surface area (Å²) in [6.07, 6.45) is 1.59. The number of halogens is 2. The van der Waals surface area contributed by atoms with Gasteiger partial charge in [-0.15, -0.1) is 0 Å². The summed E-state index contributed by atoms with van der Waals surface area (Å²) in [7, 11) is 3.89. The van der Waals surface area contributed by atoms with E-state index in [9.17, 15) is 4.79 Å². The van der Waals surface area contributed by atoms with Gasteiger partial charge in [0.1, 0.15) is 17.5 Å². The predicted molar refractivity (Wildman–Crippen MR) is 121 cm³/mol. The van der Waals surface area contributed by atoms with Crippen molar-refractivity contribution >= 4 is 46.4 Å². The van der Waals surface area contributed by atoms with Crippen molar-refractivity contribution in [2.45, 2.75) is 20.4 Å². The van der Waals surface area contributed by atoms with E-state index in [1.165, 1.54) is 0 Å². The molecular weight excluding hydrogens is 423 g/mol. The van der Waals surface area contributed by atoms with Gasteiger partial charge in [0, 0.05) is 36.3 Å². The van der Waals surface area contributed by atoms with Crippen LogP contribution in [0.3, 0.4) is 0 Å². The lowest BCUT2D eigenvalue weighted by atomic mass is 10.1. The van der Waals surface area contributed by atoms with E-state index in [2.05, 4.69) is 25.6 Å². The third-order valence-corrected chi connectivity index (χ3v) is 4.66. The molecule has 0 bridgehead atoms. The minimum absolute atomic E-state index is 0.231. The molecule has 1 aromatic carbocycles. The smallest absolute Gasteiger partial charge is 0.258 e. The fourth-order valence-corrected chi connectivity index (χ4v) is 3.69. The topological polar surface area (TPSA) is 83.0 Å². The van der Waals surface area contributed by atoms with Gasteiger partial charge in [-0.25, -0.2) is 15.0 Å². The second-order valence-electron chi connectivity index (χ2n) is 7.12. The normalized spacial score (nSPS) is 10.9. The zero-order valence-electron chi connectivity index (χ0n) is 17.1. The van der Waals surface area contributed by atoms with Crippen molar-refractivity contribution in [3.8, 4) is 0 Å². The van der Waals surface area contributed by atoms with Crippen LogP contribution in [0.4, 0.5) is 17.3 Å². The van der Waals surface area contributed by atoms with Crippen LogP contribution in [0.1, 0.15) is 27.4 Å². The zero-order valence-corrected chi connectivity index (χ0v) is 18.6. The third-order valence-electron chi connectivity index (χ3n) is 4.07. The number of benzene rings is 1. The van der Waals surface area contributed by atoms with Crippen LogP contribution >= 0.6 is 23.2 Å². The predicted octanol–water partition coefficient (Wildman–Crippen LogP) is 4.85. The Labute approximate surface area is 185 Å². The van der Waals surface area contributed by atoms with Crippen molar-refractivity contribution in [3.05, 3.63) is 69.2 Å². The summed E-state index contributed by atoms with van der Waals surface area (Å²) in [6, 6.07) is 8.70. The molecule has 7 nitrogen and oxygen atoms in total. The van der Waals surface area contributed by atoms with Gasteiger partial charge in [0.2, 0.25) is 0 Å². The number of hydrogen-bond donors (Lipinski definition) is 2. The number of aryl methyl sites for hydroxylation is 2. The summed E-state index contributed by atoms with van der Waals surface area (Å²) in [5.41, 5.74) is 2.55. The molecule has 1 amide bonds. The van der Waals surface area contributed by atoms with Gasteiger partial charge in [-0.1, -0.05) is 23.2 Å². The highest BCUT2D eigenvalue weighted by Crippen LogP contribution is 2.28. The van der Waals surface area contributed by atoms with Crippen molar-refractivity contribution in [2.75, 3.05) is 24.7 Å². The number of hydrogen-bond acceptors (Lipinski definition) is 6. The summed E-state index contributed by atoms with van der Waals surface area (Å²) in [5.74, 6) is 1.42. The summed E-state index contributed by atoms with van der Waals surface area (Å²) >= 11 is 12.7. The van der Waals surface area contributed by atoms with Gasteiger partial charge in [0.05, 0.1) is 15.6 Å². The first-order valence-electron chi connectivity index (χ1n) is 9.20.